The van der Waals surface area contributed by atoms with E-state index in [1.165, 1.54) is 44.1 Å². The Morgan fingerprint density at radius 2 is 1.70 bits per heavy atom. The smallest absolute Gasteiger partial charge is 0.127 e. The fourth-order valence-corrected chi connectivity index (χ4v) is 5.67. The SMILES string of the molecule is C=CCCc1ccc(-c2ccc(C3CCC4CC(OCC)CCC4C3)cc2)cc1F. The zero-order valence-electron chi connectivity index (χ0n) is 18.3. The van der Waals surface area contributed by atoms with E-state index in [4.69, 9.17) is 4.74 Å². The van der Waals surface area contributed by atoms with Gasteiger partial charge in [0.05, 0.1) is 6.10 Å². The minimum Gasteiger partial charge on any atom is -0.378 e. The van der Waals surface area contributed by atoms with Crippen LogP contribution in [0.25, 0.3) is 11.1 Å². The van der Waals surface area contributed by atoms with Crippen molar-refractivity contribution in [3.63, 3.8) is 0 Å². The minimum absolute atomic E-state index is 0.112. The Labute approximate surface area is 181 Å². The van der Waals surface area contributed by atoms with E-state index < -0.39 is 0 Å². The first-order valence-electron chi connectivity index (χ1n) is 11.8. The van der Waals surface area contributed by atoms with E-state index in [2.05, 4.69) is 37.8 Å². The average molecular weight is 407 g/mol. The fraction of sp³-hybridized carbons (Fsp3) is 0.500. The van der Waals surface area contributed by atoms with Crippen molar-refractivity contribution in [2.24, 2.45) is 11.8 Å². The van der Waals surface area contributed by atoms with E-state index in [0.29, 0.717) is 18.4 Å². The first kappa shape index (κ1) is 21.3. The molecule has 0 N–H and O–H groups in total. The molecular formula is C28H35FO. The van der Waals surface area contributed by atoms with Crippen molar-refractivity contribution < 1.29 is 9.13 Å². The van der Waals surface area contributed by atoms with E-state index in [1.807, 2.05) is 18.2 Å². The zero-order valence-corrected chi connectivity index (χ0v) is 18.3. The van der Waals surface area contributed by atoms with Gasteiger partial charge in [-0.2, -0.15) is 0 Å². The highest BCUT2D eigenvalue weighted by Crippen LogP contribution is 2.46. The third kappa shape index (κ3) is 4.86. The highest BCUT2D eigenvalue weighted by Gasteiger charge is 2.36. The van der Waals surface area contributed by atoms with Crippen molar-refractivity contribution in [2.75, 3.05) is 6.61 Å². The summed E-state index contributed by atoms with van der Waals surface area (Å²) in [5.74, 6) is 2.27. The van der Waals surface area contributed by atoms with Crippen LogP contribution in [-0.2, 0) is 11.2 Å². The van der Waals surface area contributed by atoms with Crippen LogP contribution in [0.3, 0.4) is 0 Å². The summed E-state index contributed by atoms with van der Waals surface area (Å²) in [4.78, 5) is 0. The summed E-state index contributed by atoms with van der Waals surface area (Å²) in [5, 5.41) is 0. The number of allylic oxidation sites excluding steroid dienone is 1. The van der Waals surface area contributed by atoms with Gasteiger partial charge in [-0.3, -0.25) is 0 Å². The van der Waals surface area contributed by atoms with E-state index in [-0.39, 0.29) is 5.82 Å². The number of halogens is 1. The lowest BCUT2D eigenvalue weighted by Crippen LogP contribution is -2.33. The summed E-state index contributed by atoms with van der Waals surface area (Å²) in [7, 11) is 0. The van der Waals surface area contributed by atoms with Gasteiger partial charge in [-0.15, -0.1) is 6.58 Å². The largest absolute Gasteiger partial charge is 0.378 e. The van der Waals surface area contributed by atoms with E-state index >= 15 is 0 Å². The van der Waals surface area contributed by atoms with Gasteiger partial charge < -0.3 is 4.74 Å². The van der Waals surface area contributed by atoms with E-state index in [9.17, 15) is 4.39 Å². The maximum Gasteiger partial charge on any atom is 0.127 e. The van der Waals surface area contributed by atoms with Crippen molar-refractivity contribution in [3.8, 4) is 11.1 Å². The Kier molecular flexibility index (Phi) is 7.04. The van der Waals surface area contributed by atoms with Crippen LogP contribution in [0, 0.1) is 17.7 Å². The van der Waals surface area contributed by atoms with Gasteiger partial charge >= 0.3 is 0 Å². The Morgan fingerprint density at radius 1 is 0.967 bits per heavy atom. The molecule has 0 aromatic heterocycles. The summed E-state index contributed by atoms with van der Waals surface area (Å²) in [6.07, 6.45) is 11.6. The molecule has 30 heavy (non-hydrogen) atoms. The van der Waals surface area contributed by atoms with Crippen LogP contribution in [0.2, 0.25) is 0 Å². The van der Waals surface area contributed by atoms with Crippen LogP contribution in [0.4, 0.5) is 4.39 Å². The summed E-state index contributed by atoms with van der Waals surface area (Å²) in [5.41, 5.74) is 4.27. The summed E-state index contributed by atoms with van der Waals surface area (Å²) < 4.78 is 20.3. The number of rotatable bonds is 7. The fourth-order valence-electron chi connectivity index (χ4n) is 5.67. The van der Waals surface area contributed by atoms with Crippen LogP contribution in [-0.4, -0.2) is 12.7 Å². The highest BCUT2D eigenvalue weighted by molar-refractivity contribution is 5.64. The third-order valence-electron chi connectivity index (χ3n) is 7.35. The normalized spacial score (nSPS) is 26.2. The van der Waals surface area contributed by atoms with E-state index in [1.54, 1.807) is 6.07 Å². The van der Waals surface area contributed by atoms with Crippen molar-refractivity contribution in [3.05, 3.63) is 72.1 Å². The quantitative estimate of drug-likeness (QED) is 0.428. The topological polar surface area (TPSA) is 9.23 Å². The standard InChI is InChI=1S/C28H35FO/c1-3-5-6-22-11-12-26(19-28(22)29)21-9-7-20(8-10-21)23-13-14-25-18-27(30-4-2)16-15-24(25)17-23/h3,7-12,19,23-25,27H,1,4-6,13-18H2,2H3. The van der Waals surface area contributed by atoms with Crippen LogP contribution < -0.4 is 0 Å². The molecule has 2 heteroatoms. The number of aryl methyl sites for hydroxylation is 1. The Bertz CT molecular complexity index is 840. The Morgan fingerprint density at radius 3 is 2.43 bits per heavy atom. The van der Waals surface area contributed by atoms with Crippen molar-refractivity contribution >= 4 is 0 Å². The monoisotopic (exact) mass is 406 g/mol. The molecule has 160 valence electrons. The van der Waals surface area contributed by atoms with Gasteiger partial charge in [0.1, 0.15) is 5.82 Å². The molecule has 0 heterocycles. The van der Waals surface area contributed by atoms with E-state index in [0.717, 1.165) is 41.6 Å². The summed E-state index contributed by atoms with van der Waals surface area (Å²) in [6, 6.07) is 14.5. The number of hydrogen-bond donors (Lipinski definition) is 0. The average Bonchev–Trinajstić information content (AvgIpc) is 2.78. The molecule has 4 rings (SSSR count). The lowest BCUT2D eigenvalue weighted by molar-refractivity contribution is -0.00955. The molecule has 0 aliphatic heterocycles. The van der Waals surface area contributed by atoms with Crippen molar-refractivity contribution in [1.82, 2.24) is 0 Å². The van der Waals surface area contributed by atoms with Crippen LogP contribution in [0.1, 0.15) is 68.9 Å². The van der Waals surface area contributed by atoms with Crippen molar-refractivity contribution in [1.29, 1.82) is 0 Å². The predicted octanol–water partition coefficient (Wildman–Crippen LogP) is 7.70. The predicted molar refractivity (Wildman–Crippen MR) is 123 cm³/mol. The number of hydrogen-bond acceptors (Lipinski definition) is 1. The lowest BCUT2D eigenvalue weighted by atomic mass is 9.65. The summed E-state index contributed by atoms with van der Waals surface area (Å²) in [6.45, 7) is 6.68. The molecule has 2 saturated carbocycles. The first-order valence-corrected chi connectivity index (χ1v) is 11.8. The molecule has 4 atom stereocenters. The van der Waals surface area contributed by atoms with Gasteiger partial charge in [0.15, 0.2) is 0 Å². The Balaban J connectivity index is 1.40. The molecule has 2 aliphatic rings. The second-order valence-electron chi connectivity index (χ2n) is 9.18. The number of fused-ring (bicyclic) bond motifs is 1. The number of ether oxygens (including phenoxy) is 1. The molecule has 2 aromatic rings. The highest BCUT2D eigenvalue weighted by atomic mass is 19.1. The van der Waals surface area contributed by atoms with Crippen molar-refractivity contribution in [2.45, 2.75) is 70.3 Å². The zero-order chi connectivity index (χ0) is 20.9. The first-order chi connectivity index (χ1) is 14.7. The molecular weight excluding hydrogens is 371 g/mol. The molecule has 0 radical (unpaired) electrons. The van der Waals surface area contributed by atoms with Gasteiger partial charge in [-0.05, 0) is 104 Å². The van der Waals surface area contributed by atoms with Gasteiger partial charge in [-0.1, -0.05) is 42.5 Å². The third-order valence-corrected chi connectivity index (χ3v) is 7.35. The van der Waals surface area contributed by atoms with Crippen LogP contribution in [0.5, 0.6) is 0 Å². The molecule has 4 unspecified atom stereocenters. The Hall–Kier alpha value is -1.93. The number of benzene rings is 2. The molecule has 0 spiro atoms. The van der Waals surface area contributed by atoms with Gasteiger partial charge in [0, 0.05) is 6.61 Å². The van der Waals surface area contributed by atoms with Crippen LogP contribution >= 0.6 is 0 Å². The molecule has 0 bridgehead atoms. The molecule has 0 saturated heterocycles. The van der Waals surface area contributed by atoms with Gasteiger partial charge in [0.25, 0.3) is 0 Å². The second-order valence-corrected chi connectivity index (χ2v) is 9.18. The molecule has 0 amide bonds. The second kappa shape index (κ2) is 9.92. The molecule has 2 fully saturated rings. The van der Waals surface area contributed by atoms with Crippen LogP contribution in [0.15, 0.2) is 55.1 Å². The maximum absolute atomic E-state index is 14.4. The maximum atomic E-state index is 14.4. The molecule has 2 aromatic carbocycles. The lowest BCUT2D eigenvalue weighted by Gasteiger charge is -2.42. The minimum atomic E-state index is -0.112. The van der Waals surface area contributed by atoms with Gasteiger partial charge in [-0.25, -0.2) is 4.39 Å². The van der Waals surface area contributed by atoms with Gasteiger partial charge in [0.2, 0.25) is 0 Å². The summed E-state index contributed by atoms with van der Waals surface area (Å²) >= 11 is 0. The molecule has 2 aliphatic carbocycles. The molecule has 1 nitrogen and oxygen atoms in total.